The Labute approximate surface area is 99.0 Å². The number of aliphatic hydroxyl groups excluding tert-OH is 1. The Morgan fingerprint density at radius 2 is 1.89 bits per heavy atom. The van der Waals surface area contributed by atoms with E-state index in [1.807, 2.05) is 0 Å². The number of benzene rings is 1. The molecule has 96 valence electrons. The van der Waals surface area contributed by atoms with Crippen molar-refractivity contribution in [2.75, 3.05) is 6.61 Å². The molecule has 2 aromatic rings. The fourth-order valence-electron chi connectivity index (χ4n) is 1.27. The lowest BCUT2D eigenvalue weighted by atomic mass is 10.2. The van der Waals surface area contributed by atoms with Crippen molar-refractivity contribution in [2.24, 2.45) is 5.73 Å². The Morgan fingerprint density at radius 1 is 1.28 bits per heavy atom. The molecule has 0 saturated carbocycles. The summed E-state index contributed by atoms with van der Waals surface area (Å²) in [5.74, 6) is -4.52. The van der Waals surface area contributed by atoms with Gasteiger partial charge in [-0.25, -0.2) is 13.2 Å². The van der Waals surface area contributed by atoms with Gasteiger partial charge in [0.25, 0.3) is 0 Å². The third-order valence-electron chi connectivity index (χ3n) is 2.20. The Morgan fingerprint density at radius 3 is 2.44 bits per heavy atom. The lowest BCUT2D eigenvalue weighted by molar-refractivity contribution is 0.237. The fraction of sp³-hybridized carbons (Fsp3) is 0.200. The van der Waals surface area contributed by atoms with Crippen LogP contribution in [0.3, 0.4) is 0 Å². The predicted molar refractivity (Wildman–Crippen MR) is 53.6 cm³/mol. The molecule has 18 heavy (non-hydrogen) atoms. The Balaban J connectivity index is 2.40. The maximum Gasteiger partial charge on any atom is 0.246 e. The topological polar surface area (TPSA) is 85.2 Å². The van der Waals surface area contributed by atoms with E-state index in [0.717, 1.165) is 12.1 Å². The molecule has 0 amide bonds. The molecule has 0 aliphatic heterocycles. The van der Waals surface area contributed by atoms with Crippen LogP contribution >= 0.6 is 0 Å². The third-order valence-corrected chi connectivity index (χ3v) is 2.20. The van der Waals surface area contributed by atoms with Crippen LogP contribution in [0.2, 0.25) is 0 Å². The zero-order valence-electron chi connectivity index (χ0n) is 8.90. The van der Waals surface area contributed by atoms with Crippen molar-refractivity contribution in [3.05, 3.63) is 35.5 Å². The highest BCUT2D eigenvalue weighted by atomic mass is 19.2. The van der Waals surface area contributed by atoms with E-state index in [2.05, 4.69) is 10.1 Å². The number of hydrogen-bond acceptors (Lipinski definition) is 5. The highest BCUT2D eigenvalue weighted by Gasteiger charge is 2.18. The van der Waals surface area contributed by atoms with Gasteiger partial charge >= 0.3 is 0 Å². The SMILES string of the molecule is NC(CO)c1nc(-c2cc(F)c(F)c(F)c2)no1. The summed E-state index contributed by atoms with van der Waals surface area (Å²) in [6.07, 6.45) is 0. The molecule has 0 saturated heterocycles. The minimum Gasteiger partial charge on any atom is -0.394 e. The molecule has 1 aromatic carbocycles. The smallest absolute Gasteiger partial charge is 0.246 e. The van der Waals surface area contributed by atoms with Crippen LogP contribution in [0.15, 0.2) is 16.7 Å². The maximum absolute atomic E-state index is 13.0. The Kier molecular flexibility index (Phi) is 3.30. The van der Waals surface area contributed by atoms with Crippen LogP contribution in [0.4, 0.5) is 13.2 Å². The lowest BCUT2D eigenvalue weighted by Gasteiger charge is -1.99. The summed E-state index contributed by atoms with van der Waals surface area (Å²) in [5, 5.41) is 12.2. The summed E-state index contributed by atoms with van der Waals surface area (Å²) in [4.78, 5) is 3.74. The van der Waals surface area contributed by atoms with Crippen LogP contribution in [-0.4, -0.2) is 21.9 Å². The molecule has 5 nitrogen and oxygen atoms in total. The molecule has 1 aromatic heterocycles. The van der Waals surface area contributed by atoms with Gasteiger partial charge in [0.15, 0.2) is 17.5 Å². The molecule has 0 aliphatic rings. The van der Waals surface area contributed by atoms with Crippen LogP contribution in [0.5, 0.6) is 0 Å². The summed E-state index contributed by atoms with van der Waals surface area (Å²) in [5.41, 5.74) is 5.32. The first-order valence-electron chi connectivity index (χ1n) is 4.88. The van der Waals surface area contributed by atoms with E-state index in [-0.39, 0.29) is 17.3 Å². The number of aromatic nitrogens is 2. The molecule has 0 radical (unpaired) electrons. The quantitative estimate of drug-likeness (QED) is 0.807. The van der Waals surface area contributed by atoms with Gasteiger partial charge in [0, 0.05) is 5.56 Å². The average molecular weight is 259 g/mol. The highest BCUT2D eigenvalue weighted by Crippen LogP contribution is 2.22. The monoisotopic (exact) mass is 259 g/mol. The first-order chi connectivity index (χ1) is 8.52. The summed E-state index contributed by atoms with van der Waals surface area (Å²) in [7, 11) is 0. The van der Waals surface area contributed by atoms with Crippen molar-refractivity contribution in [1.29, 1.82) is 0 Å². The number of nitrogens with zero attached hydrogens (tertiary/aromatic N) is 2. The van der Waals surface area contributed by atoms with Crippen LogP contribution < -0.4 is 5.73 Å². The number of halogens is 3. The second-order valence-corrected chi connectivity index (χ2v) is 3.50. The molecule has 0 spiro atoms. The zero-order valence-corrected chi connectivity index (χ0v) is 8.90. The average Bonchev–Trinajstić information content (AvgIpc) is 2.84. The Bertz CT molecular complexity index is 550. The van der Waals surface area contributed by atoms with Crippen molar-refractivity contribution < 1.29 is 22.8 Å². The fourth-order valence-corrected chi connectivity index (χ4v) is 1.27. The summed E-state index contributed by atoms with van der Waals surface area (Å²) < 4.78 is 43.4. The first-order valence-corrected chi connectivity index (χ1v) is 4.88. The number of rotatable bonds is 3. The zero-order chi connectivity index (χ0) is 13.3. The van der Waals surface area contributed by atoms with Crippen molar-refractivity contribution in [3.63, 3.8) is 0 Å². The molecular weight excluding hydrogens is 251 g/mol. The number of nitrogens with two attached hydrogens (primary N) is 1. The molecular formula is C10H8F3N3O2. The molecule has 0 bridgehead atoms. The van der Waals surface area contributed by atoms with Gasteiger partial charge in [-0.15, -0.1) is 0 Å². The molecule has 1 atom stereocenters. The molecule has 1 unspecified atom stereocenters. The maximum atomic E-state index is 13.0. The van der Waals surface area contributed by atoms with E-state index in [0.29, 0.717) is 0 Å². The van der Waals surface area contributed by atoms with Crippen LogP contribution in [0.1, 0.15) is 11.9 Å². The minimum absolute atomic E-state index is 0.0855. The minimum atomic E-state index is -1.57. The van der Waals surface area contributed by atoms with E-state index in [9.17, 15) is 13.2 Å². The second kappa shape index (κ2) is 4.75. The van der Waals surface area contributed by atoms with E-state index in [4.69, 9.17) is 15.4 Å². The summed E-state index contributed by atoms with van der Waals surface area (Å²) in [6, 6.07) is 0.580. The normalized spacial score (nSPS) is 12.7. The molecule has 2 rings (SSSR count). The van der Waals surface area contributed by atoms with Crippen molar-refractivity contribution in [3.8, 4) is 11.4 Å². The molecule has 0 fully saturated rings. The molecule has 3 N–H and O–H groups in total. The summed E-state index contributed by atoms with van der Waals surface area (Å²) in [6.45, 7) is -0.423. The van der Waals surface area contributed by atoms with Gasteiger partial charge in [-0.1, -0.05) is 5.16 Å². The van der Waals surface area contributed by atoms with Crippen LogP contribution in [0, 0.1) is 17.5 Å². The molecule has 0 aliphatic carbocycles. The number of hydrogen-bond donors (Lipinski definition) is 2. The van der Waals surface area contributed by atoms with Crippen molar-refractivity contribution in [1.82, 2.24) is 10.1 Å². The van der Waals surface area contributed by atoms with E-state index < -0.39 is 30.1 Å². The molecule has 1 heterocycles. The third kappa shape index (κ3) is 2.20. The predicted octanol–water partition coefficient (Wildman–Crippen LogP) is 1.15. The van der Waals surface area contributed by atoms with Crippen molar-refractivity contribution in [2.45, 2.75) is 6.04 Å². The van der Waals surface area contributed by atoms with Gasteiger partial charge in [-0.05, 0) is 12.1 Å². The lowest BCUT2D eigenvalue weighted by Crippen LogP contribution is -2.14. The standard InChI is InChI=1S/C10H8F3N3O2/c11-5-1-4(2-6(12)8(5)13)9-15-10(18-16-9)7(14)3-17/h1-2,7,17H,3,14H2. The van der Waals surface area contributed by atoms with Gasteiger partial charge in [-0.2, -0.15) is 4.98 Å². The highest BCUT2D eigenvalue weighted by molar-refractivity contribution is 5.54. The van der Waals surface area contributed by atoms with Gasteiger partial charge in [0.1, 0.15) is 6.04 Å². The second-order valence-electron chi connectivity index (χ2n) is 3.50. The van der Waals surface area contributed by atoms with Gasteiger partial charge in [0.2, 0.25) is 11.7 Å². The van der Waals surface area contributed by atoms with E-state index in [1.54, 1.807) is 0 Å². The van der Waals surface area contributed by atoms with Gasteiger partial charge in [-0.3, -0.25) is 0 Å². The largest absolute Gasteiger partial charge is 0.394 e. The molecule has 8 heteroatoms. The van der Waals surface area contributed by atoms with E-state index >= 15 is 0 Å². The Hall–Kier alpha value is -1.93. The number of aliphatic hydroxyl groups is 1. The van der Waals surface area contributed by atoms with Crippen LogP contribution in [-0.2, 0) is 0 Å². The van der Waals surface area contributed by atoms with Gasteiger partial charge < -0.3 is 15.4 Å². The first kappa shape index (κ1) is 12.5. The van der Waals surface area contributed by atoms with Crippen molar-refractivity contribution >= 4 is 0 Å². The van der Waals surface area contributed by atoms with E-state index in [1.165, 1.54) is 0 Å². The summed E-state index contributed by atoms with van der Waals surface area (Å²) >= 11 is 0. The van der Waals surface area contributed by atoms with Gasteiger partial charge in [0.05, 0.1) is 6.61 Å². The van der Waals surface area contributed by atoms with Crippen LogP contribution in [0.25, 0.3) is 11.4 Å².